The predicted octanol–water partition coefficient (Wildman–Crippen LogP) is 6.02. The van der Waals surface area contributed by atoms with E-state index in [0.29, 0.717) is 28.0 Å². The zero-order chi connectivity index (χ0) is 18.5. The van der Waals surface area contributed by atoms with Gasteiger partial charge in [-0.25, -0.2) is 4.99 Å². The summed E-state index contributed by atoms with van der Waals surface area (Å²) in [5.74, 6) is 0.494. The van der Waals surface area contributed by atoms with Crippen molar-refractivity contribution in [3.63, 3.8) is 0 Å². The van der Waals surface area contributed by atoms with Crippen molar-refractivity contribution in [2.45, 2.75) is 6.92 Å². The molecule has 0 amide bonds. The molecule has 130 valence electrons. The molecule has 3 aromatic rings. The summed E-state index contributed by atoms with van der Waals surface area (Å²) in [6, 6.07) is 16.9. The number of aliphatic imine (C=N–C) groups is 1. The molecule has 1 heterocycles. The van der Waals surface area contributed by atoms with Crippen LogP contribution in [0.4, 0.5) is 5.82 Å². The molecule has 0 unspecified atom stereocenters. The van der Waals surface area contributed by atoms with Gasteiger partial charge in [0.25, 0.3) is 0 Å². The fourth-order valence-electron chi connectivity index (χ4n) is 2.54. The first kappa shape index (κ1) is 18.1. The van der Waals surface area contributed by atoms with Gasteiger partial charge in [-0.05, 0) is 48.9 Å². The van der Waals surface area contributed by atoms with Crippen LogP contribution in [0.25, 0.3) is 16.8 Å². The standard InChI is InChI=1S/C20H15Cl2N3O/c1-2-26-13-24-20-18(11-23)19(14-3-5-15(21)6-4-14)12-25(20)17-9-7-16(22)8-10-17/h3-10,12-13H,2H2,1H3/b24-13+. The van der Waals surface area contributed by atoms with Crippen molar-refractivity contribution >= 4 is 35.4 Å². The van der Waals surface area contributed by atoms with Gasteiger partial charge in [0, 0.05) is 27.5 Å². The van der Waals surface area contributed by atoms with Crippen molar-refractivity contribution in [2.24, 2.45) is 4.99 Å². The topological polar surface area (TPSA) is 50.3 Å². The van der Waals surface area contributed by atoms with E-state index in [4.69, 9.17) is 27.9 Å². The van der Waals surface area contributed by atoms with Crippen molar-refractivity contribution in [3.8, 4) is 22.9 Å². The zero-order valence-electron chi connectivity index (χ0n) is 14.0. The highest BCUT2D eigenvalue weighted by atomic mass is 35.5. The Labute approximate surface area is 161 Å². The molecule has 0 aliphatic rings. The second kappa shape index (κ2) is 8.09. The van der Waals surface area contributed by atoms with Gasteiger partial charge >= 0.3 is 0 Å². The Morgan fingerprint density at radius 2 is 1.69 bits per heavy atom. The number of hydrogen-bond acceptors (Lipinski definition) is 3. The molecule has 0 aliphatic carbocycles. The van der Waals surface area contributed by atoms with Crippen LogP contribution >= 0.6 is 23.2 Å². The molecule has 6 heteroatoms. The van der Waals surface area contributed by atoms with E-state index in [1.165, 1.54) is 6.40 Å². The molecule has 26 heavy (non-hydrogen) atoms. The van der Waals surface area contributed by atoms with Crippen molar-refractivity contribution in [2.75, 3.05) is 6.61 Å². The van der Waals surface area contributed by atoms with Crippen LogP contribution in [0.15, 0.2) is 59.7 Å². The number of rotatable bonds is 5. The van der Waals surface area contributed by atoms with E-state index < -0.39 is 0 Å². The van der Waals surface area contributed by atoms with Crippen molar-refractivity contribution in [1.82, 2.24) is 4.57 Å². The van der Waals surface area contributed by atoms with Gasteiger partial charge in [-0.15, -0.1) is 0 Å². The second-order valence-electron chi connectivity index (χ2n) is 5.40. The molecule has 0 saturated heterocycles. The molecule has 0 bridgehead atoms. The van der Waals surface area contributed by atoms with Crippen molar-refractivity contribution in [3.05, 3.63) is 70.3 Å². The number of hydrogen-bond donors (Lipinski definition) is 0. The molecule has 0 spiro atoms. The van der Waals surface area contributed by atoms with E-state index >= 15 is 0 Å². The first-order valence-corrected chi connectivity index (χ1v) is 8.71. The minimum atomic E-state index is 0.457. The highest BCUT2D eigenvalue weighted by molar-refractivity contribution is 6.30. The van der Waals surface area contributed by atoms with Crippen LogP contribution in [0, 0.1) is 11.3 Å². The Morgan fingerprint density at radius 3 is 2.27 bits per heavy atom. The fourth-order valence-corrected chi connectivity index (χ4v) is 2.79. The number of nitriles is 1. The third-order valence-electron chi connectivity index (χ3n) is 3.77. The lowest BCUT2D eigenvalue weighted by Gasteiger charge is -2.06. The highest BCUT2D eigenvalue weighted by Gasteiger charge is 2.18. The second-order valence-corrected chi connectivity index (χ2v) is 6.27. The predicted molar refractivity (Wildman–Crippen MR) is 106 cm³/mol. The van der Waals surface area contributed by atoms with Gasteiger partial charge in [-0.3, -0.25) is 4.57 Å². The molecule has 1 aromatic heterocycles. The minimum absolute atomic E-state index is 0.457. The molecule has 0 radical (unpaired) electrons. The number of halogens is 2. The Morgan fingerprint density at radius 1 is 1.08 bits per heavy atom. The van der Waals surface area contributed by atoms with Gasteiger partial charge in [0.15, 0.2) is 12.2 Å². The molecule has 4 nitrogen and oxygen atoms in total. The summed E-state index contributed by atoms with van der Waals surface area (Å²) in [7, 11) is 0. The van der Waals surface area contributed by atoms with Gasteiger partial charge in [0.1, 0.15) is 11.6 Å². The van der Waals surface area contributed by atoms with Gasteiger partial charge in [-0.2, -0.15) is 5.26 Å². The quantitative estimate of drug-likeness (QED) is 0.399. The Balaban J connectivity index is 2.20. The fraction of sp³-hybridized carbons (Fsp3) is 0.100. The van der Waals surface area contributed by atoms with Gasteiger partial charge in [0.05, 0.1) is 6.61 Å². The Kier molecular flexibility index (Phi) is 5.62. The first-order valence-electron chi connectivity index (χ1n) is 7.95. The van der Waals surface area contributed by atoms with Crippen LogP contribution in [0.3, 0.4) is 0 Å². The van der Waals surface area contributed by atoms with Crippen LogP contribution < -0.4 is 0 Å². The number of aromatic nitrogens is 1. The number of ether oxygens (including phenoxy) is 1. The maximum absolute atomic E-state index is 9.75. The van der Waals surface area contributed by atoms with E-state index in [-0.39, 0.29) is 0 Å². The highest BCUT2D eigenvalue weighted by Crippen LogP contribution is 2.35. The van der Waals surface area contributed by atoms with Crippen LogP contribution in [0.5, 0.6) is 0 Å². The van der Waals surface area contributed by atoms with E-state index in [1.54, 1.807) is 24.3 Å². The van der Waals surface area contributed by atoms with E-state index in [0.717, 1.165) is 16.8 Å². The summed E-state index contributed by atoms with van der Waals surface area (Å²) >= 11 is 12.0. The maximum Gasteiger partial charge on any atom is 0.176 e. The van der Waals surface area contributed by atoms with Crippen LogP contribution in [0.2, 0.25) is 10.0 Å². The van der Waals surface area contributed by atoms with E-state index in [2.05, 4.69) is 11.1 Å². The van der Waals surface area contributed by atoms with Crippen LogP contribution in [-0.4, -0.2) is 17.6 Å². The Bertz CT molecular complexity index is 968. The number of nitrogens with zero attached hydrogens (tertiary/aromatic N) is 3. The van der Waals surface area contributed by atoms with E-state index in [1.807, 2.05) is 42.0 Å². The van der Waals surface area contributed by atoms with Crippen LogP contribution in [0.1, 0.15) is 12.5 Å². The molecule has 0 saturated carbocycles. The minimum Gasteiger partial charge on any atom is -0.483 e. The summed E-state index contributed by atoms with van der Waals surface area (Å²) < 4.78 is 7.07. The monoisotopic (exact) mass is 383 g/mol. The SMILES string of the molecule is CCO/C=N/c1c(C#N)c(-c2ccc(Cl)cc2)cn1-c1ccc(Cl)cc1. The van der Waals surface area contributed by atoms with E-state index in [9.17, 15) is 5.26 Å². The summed E-state index contributed by atoms with van der Waals surface area (Å²) in [6.45, 7) is 2.37. The molecule has 0 atom stereocenters. The molecule has 0 fully saturated rings. The van der Waals surface area contributed by atoms with Gasteiger partial charge < -0.3 is 4.74 Å². The summed E-state index contributed by atoms with van der Waals surface area (Å²) in [5, 5.41) is 11.0. The molecule has 0 N–H and O–H groups in total. The molecular weight excluding hydrogens is 369 g/mol. The third-order valence-corrected chi connectivity index (χ3v) is 4.27. The van der Waals surface area contributed by atoms with Gasteiger partial charge in [0.2, 0.25) is 0 Å². The lowest BCUT2D eigenvalue weighted by atomic mass is 10.1. The first-order chi connectivity index (χ1) is 12.6. The van der Waals surface area contributed by atoms with Crippen molar-refractivity contribution < 1.29 is 4.74 Å². The molecule has 2 aromatic carbocycles. The average Bonchev–Trinajstić information content (AvgIpc) is 3.02. The third kappa shape index (κ3) is 3.75. The largest absolute Gasteiger partial charge is 0.483 e. The average molecular weight is 384 g/mol. The molecule has 0 aliphatic heterocycles. The van der Waals surface area contributed by atoms with Crippen LogP contribution in [-0.2, 0) is 4.74 Å². The Hall–Kier alpha value is -2.74. The normalized spacial score (nSPS) is 10.8. The zero-order valence-corrected chi connectivity index (χ0v) is 15.5. The summed E-state index contributed by atoms with van der Waals surface area (Å²) in [6.07, 6.45) is 3.23. The number of benzene rings is 2. The summed E-state index contributed by atoms with van der Waals surface area (Å²) in [4.78, 5) is 4.36. The lowest BCUT2D eigenvalue weighted by Crippen LogP contribution is -1.93. The van der Waals surface area contributed by atoms with Gasteiger partial charge in [-0.1, -0.05) is 35.3 Å². The summed E-state index contributed by atoms with van der Waals surface area (Å²) in [5.41, 5.74) is 2.95. The maximum atomic E-state index is 9.75. The van der Waals surface area contributed by atoms with Crippen molar-refractivity contribution in [1.29, 1.82) is 5.26 Å². The lowest BCUT2D eigenvalue weighted by molar-refractivity contribution is 0.344. The molecular formula is C20H15Cl2N3O. The smallest absolute Gasteiger partial charge is 0.176 e. The molecule has 3 rings (SSSR count).